The number of aromatic hydroxyl groups is 1. The van der Waals surface area contributed by atoms with Crippen molar-refractivity contribution in [2.45, 2.75) is 18.9 Å². The third-order valence-corrected chi connectivity index (χ3v) is 3.93. The Labute approximate surface area is 103 Å². The maximum atomic E-state index is 13.4. The minimum atomic E-state index is -0.689. The molecule has 1 aliphatic heterocycles. The predicted molar refractivity (Wildman–Crippen MR) is 65.9 cm³/mol. The number of amides is 1. The molecule has 5 heteroatoms. The van der Waals surface area contributed by atoms with Gasteiger partial charge in [-0.05, 0) is 30.7 Å². The van der Waals surface area contributed by atoms with Crippen LogP contribution in [0.2, 0.25) is 0 Å². The van der Waals surface area contributed by atoms with Gasteiger partial charge in [0.1, 0.15) is 17.1 Å². The van der Waals surface area contributed by atoms with Gasteiger partial charge in [-0.25, -0.2) is 4.39 Å². The Morgan fingerprint density at radius 2 is 2.35 bits per heavy atom. The number of hydrogen-bond acceptors (Lipinski definition) is 3. The second kappa shape index (κ2) is 5.40. The molecule has 3 nitrogen and oxygen atoms in total. The normalized spacial score (nSPS) is 19.9. The summed E-state index contributed by atoms with van der Waals surface area (Å²) >= 11 is 1.78. The van der Waals surface area contributed by atoms with Crippen molar-refractivity contribution < 1.29 is 14.3 Å². The molecule has 2 N–H and O–H groups in total. The van der Waals surface area contributed by atoms with Gasteiger partial charge in [-0.15, -0.1) is 0 Å². The zero-order valence-electron chi connectivity index (χ0n) is 9.28. The predicted octanol–water partition coefficient (Wildman–Crippen LogP) is 2.16. The van der Waals surface area contributed by atoms with Gasteiger partial charge < -0.3 is 10.4 Å². The molecule has 0 bridgehead atoms. The molecule has 1 aliphatic rings. The maximum Gasteiger partial charge on any atom is 0.258 e. The molecule has 92 valence electrons. The lowest BCUT2D eigenvalue weighted by molar-refractivity contribution is 0.0931. The number of hydrogen-bond donors (Lipinski definition) is 2. The van der Waals surface area contributed by atoms with E-state index in [1.807, 2.05) is 0 Å². The van der Waals surface area contributed by atoms with E-state index >= 15 is 0 Å². The lowest BCUT2D eigenvalue weighted by Crippen LogP contribution is -2.38. The molecule has 17 heavy (non-hydrogen) atoms. The lowest BCUT2D eigenvalue weighted by Gasteiger charge is -2.22. The second-order valence-electron chi connectivity index (χ2n) is 4.02. The molecule has 1 heterocycles. The standard InChI is InChI=1S/C12H14FNO2S/c13-9-4-1-5-10(15)11(9)12(16)14-8-3-2-6-17-7-8/h1,4-5,8,15H,2-3,6-7H2,(H,14,16). The highest BCUT2D eigenvalue weighted by Crippen LogP contribution is 2.21. The zero-order chi connectivity index (χ0) is 12.3. The van der Waals surface area contributed by atoms with E-state index in [0.29, 0.717) is 0 Å². The SMILES string of the molecule is O=C(NC1CCCSC1)c1c(O)cccc1F. The highest BCUT2D eigenvalue weighted by Gasteiger charge is 2.21. The molecule has 1 atom stereocenters. The highest BCUT2D eigenvalue weighted by atomic mass is 32.2. The molecule has 1 fully saturated rings. The fourth-order valence-corrected chi connectivity index (χ4v) is 2.92. The van der Waals surface area contributed by atoms with E-state index in [9.17, 15) is 14.3 Å². The molecule has 0 aromatic heterocycles. The minimum Gasteiger partial charge on any atom is -0.507 e. The molecule has 1 aromatic rings. The van der Waals surface area contributed by atoms with E-state index in [-0.39, 0.29) is 17.4 Å². The van der Waals surface area contributed by atoms with Crippen molar-refractivity contribution in [2.24, 2.45) is 0 Å². The minimum absolute atomic E-state index is 0.0697. The van der Waals surface area contributed by atoms with Crippen molar-refractivity contribution in [2.75, 3.05) is 11.5 Å². The highest BCUT2D eigenvalue weighted by molar-refractivity contribution is 7.99. The average molecular weight is 255 g/mol. The number of nitrogens with one attached hydrogen (secondary N) is 1. The summed E-state index contributed by atoms with van der Waals surface area (Å²) in [5.41, 5.74) is -0.261. The molecule has 2 rings (SSSR count). The van der Waals surface area contributed by atoms with Gasteiger partial charge in [0, 0.05) is 11.8 Å². The summed E-state index contributed by atoms with van der Waals surface area (Å²) in [6, 6.07) is 3.93. The molecule has 1 saturated heterocycles. The molecular formula is C12H14FNO2S. The lowest BCUT2D eigenvalue weighted by atomic mass is 10.1. The summed E-state index contributed by atoms with van der Waals surface area (Å²) in [5, 5.41) is 12.2. The van der Waals surface area contributed by atoms with Crippen LogP contribution in [0, 0.1) is 5.82 Å². The van der Waals surface area contributed by atoms with Crippen LogP contribution in [0.1, 0.15) is 23.2 Å². The van der Waals surface area contributed by atoms with E-state index < -0.39 is 11.7 Å². The Kier molecular flexibility index (Phi) is 3.89. The smallest absolute Gasteiger partial charge is 0.258 e. The maximum absolute atomic E-state index is 13.4. The Morgan fingerprint density at radius 1 is 1.53 bits per heavy atom. The fourth-order valence-electron chi connectivity index (χ4n) is 1.85. The van der Waals surface area contributed by atoms with Gasteiger partial charge in [0.15, 0.2) is 0 Å². The van der Waals surface area contributed by atoms with Gasteiger partial charge in [0.05, 0.1) is 0 Å². The molecule has 0 radical (unpaired) electrons. The summed E-state index contributed by atoms with van der Waals surface area (Å²) in [6.07, 6.45) is 1.97. The van der Waals surface area contributed by atoms with Crippen molar-refractivity contribution >= 4 is 17.7 Å². The first-order valence-electron chi connectivity index (χ1n) is 5.54. The topological polar surface area (TPSA) is 49.3 Å². The van der Waals surface area contributed by atoms with Crippen LogP contribution in [0.4, 0.5) is 4.39 Å². The first kappa shape index (κ1) is 12.2. The number of thioether (sulfide) groups is 1. The van der Waals surface area contributed by atoms with Gasteiger partial charge in [0.25, 0.3) is 5.91 Å². The van der Waals surface area contributed by atoms with Crippen LogP contribution in [-0.4, -0.2) is 28.6 Å². The first-order valence-corrected chi connectivity index (χ1v) is 6.70. The van der Waals surface area contributed by atoms with E-state index in [2.05, 4.69) is 5.32 Å². The van der Waals surface area contributed by atoms with Gasteiger partial charge in [-0.3, -0.25) is 4.79 Å². The monoisotopic (exact) mass is 255 g/mol. The van der Waals surface area contributed by atoms with Crippen molar-refractivity contribution in [3.63, 3.8) is 0 Å². The Balaban J connectivity index is 2.08. The number of carbonyl (C=O) groups is 1. The molecule has 0 spiro atoms. The van der Waals surface area contributed by atoms with Crippen molar-refractivity contribution in [3.05, 3.63) is 29.6 Å². The number of phenolic OH excluding ortho intramolecular Hbond substituents is 1. The number of halogens is 1. The average Bonchev–Trinajstić information content (AvgIpc) is 2.30. The first-order chi connectivity index (χ1) is 8.18. The van der Waals surface area contributed by atoms with Crippen LogP contribution in [0.15, 0.2) is 18.2 Å². The van der Waals surface area contributed by atoms with E-state index in [1.165, 1.54) is 18.2 Å². The fraction of sp³-hybridized carbons (Fsp3) is 0.417. The number of benzene rings is 1. The van der Waals surface area contributed by atoms with Crippen LogP contribution in [0.25, 0.3) is 0 Å². The van der Waals surface area contributed by atoms with E-state index in [1.54, 1.807) is 11.8 Å². The van der Waals surface area contributed by atoms with Crippen molar-refractivity contribution in [1.82, 2.24) is 5.32 Å². The number of phenols is 1. The quantitative estimate of drug-likeness (QED) is 0.851. The molecular weight excluding hydrogens is 241 g/mol. The van der Waals surface area contributed by atoms with Crippen LogP contribution >= 0.6 is 11.8 Å². The molecule has 0 aliphatic carbocycles. The Bertz CT molecular complexity index is 399. The van der Waals surface area contributed by atoms with Crippen LogP contribution in [0.3, 0.4) is 0 Å². The summed E-state index contributed by atoms with van der Waals surface area (Å²) < 4.78 is 13.4. The summed E-state index contributed by atoms with van der Waals surface area (Å²) in [7, 11) is 0. The summed E-state index contributed by atoms with van der Waals surface area (Å²) in [4.78, 5) is 11.8. The Morgan fingerprint density at radius 3 is 3.00 bits per heavy atom. The molecule has 1 aromatic carbocycles. The van der Waals surface area contributed by atoms with Crippen LogP contribution < -0.4 is 5.32 Å². The van der Waals surface area contributed by atoms with Gasteiger partial charge in [-0.1, -0.05) is 6.07 Å². The van der Waals surface area contributed by atoms with Crippen molar-refractivity contribution in [3.8, 4) is 5.75 Å². The molecule has 1 unspecified atom stereocenters. The largest absolute Gasteiger partial charge is 0.507 e. The van der Waals surface area contributed by atoms with Crippen LogP contribution in [-0.2, 0) is 0 Å². The van der Waals surface area contributed by atoms with Gasteiger partial charge >= 0.3 is 0 Å². The third-order valence-electron chi connectivity index (χ3n) is 2.71. The zero-order valence-corrected chi connectivity index (χ0v) is 10.1. The second-order valence-corrected chi connectivity index (χ2v) is 5.17. The van der Waals surface area contributed by atoms with E-state index in [4.69, 9.17) is 0 Å². The number of rotatable bonds is 2. The van der Waals surface area contributed by atoms with Gasteiger partial charge in [0.2, 0.25) is 0 Å². The summed E-state index contributed by atoms with van der Waals surface area (Å²) in [5.74, 6) is 0.420. The van der Waals surface area contributed by atoms with Gasteiger partial charge in [-0.2, -0.15) is 11.8 Å². The van der Waals surface area contributed by atoms with E-state index in [0.717, 1.165) is 24.3 Å². The van der Waals surface area contributed by atoms with Crippen LogP contribution in [0.5, 0.6) is 5.75 Å². The molecule has 1 amide bonds. The Hall–Kier alpha value is -1.23. The summed E-state index contributed by atoms with van der Waals surface area (Å²) in [6.45, 7) is 0. The third kappa shape index (κ3) is 2.91. The van der Waals surface area contributed by atoms with Crippen molar-refractivity contribution in [1.29, 1.82) is 0 Å². The number of carbonyl (C=O) groups excluding carboxylic acids is 1. The molecule has 0 saturated carbocycles.